The fourth-order valence-electron chi connectivity index (χ4n) is 7.04. The minimum absolute atomic E-state index is 0.103. The summed E-state index contributed by atoms with van der Waals surface area (Å²) in [6.45, 7) is 4.08. The minimum Gasteiger partial charge on any atom is -0.342 e. The average Bonchev–Trinajstić information content (AvgIpc) is 3.32. The van der Waals surface area contributed by atoms with E-state index in [4.69, 9.17) is 4.98 Å². The monoisotopic (exact) mass is 468 g/mol. The topological polar surface area (TPSA) is 61.6 Å². The normalized spacial score (nSPS) is 26.1. The van der Waals surface area contributed by atoms with Gasteiger partial charge >= 0.3 is 0 Å². The number of halogens is 1. The van der Waals surface area contributed by atoms with Crippen LogP contribution in [0.3, 0.4) is 0 Å². The van der Waals surface area contributed by atoms with Gasteiger partial charge in [-0.3, -0.25) is 9.78 Å². The van der Waals surface area contributed by atoms with Crippen molar-refractivity contribution < 1.29 is 9.18 Å². The van der Waals surface area contributed by atoms with E-state index in [2.05, 4.69) is 23.0 Å². The lowest BCUT2D eigenvalue weighted by atomic mass is 9.73. The number of amides is 1. The van der Waals surface area contributed by atoms with Crippen LogP contribution in [0.5, 0.6) is 0 Å². The van der Waals surface area contributed by atoms with Crippen molar-refractivity contribution in [3.63, 3.8) is 0 Å². The molecule has 5 nitrogen and oxygen atoms in total. The maximum atomic E-state index is 14.0. The Morgan fingerprint density at radius 2 is 1.97 bits per heavy atom. The summed E-state index contributed by atoms with van der Waals surface area (Å²) in [5, 5.41) is 0.980. The van der Waals surface area contributed by atoms with Crippen molar-refractivity contribution in [2.24, 2.45) is 23.7 Å². The maximum absolute atomic E-state index is 14.0. The number of aromatic amines is 1. The van der Waals surface area contributed by atoms with Crippen molar-refractivity contribution >= 4 is 27.8 Å². The highest BCUT2D eigenvalue weighted by molar-refractivity contribution is 5.98. The van der Waals surface area contributed by atoms with Crippen molar-refractivity contribution in [2.75, 3.05) is 13.1 Å². The molecule has 2 bridgehead atoms. The summed E-state index contributed by atoms with van der Waals surface area (Å²) >= 11 is 0. The first-order valence-electron chi connectivity index (χ1n) is 12.9. The number of aromatic nitrogens is 3. The molecule has 0 spiro atoms. The number of H-pyrrole nitrogens is 1. The molecule has 35 heavy (non-hydrogen) atoms. The van der Waals surface area contributed by atoms with Gasteiger partial charge in [-0.1, -0.05) is 6.92 Å². The van der Waals surface area contributed by atoms with Crippen LogP contribution in [0.15, 0.2) is 48.7 Å². The third-order valence-electron chi connectivity index (χ3n) is 8.81. The minimum atomic E-state index is -0.186. The molecule has 2 saturated carbocycles. The average molecular weight is 469 g/mol. The molecule has 3 heterocycles. The first-order valence-corrected chi connectivity index (χ1v) is 12.9. The molecule has 2 aromatic heterocycles. The highest BCUT2D eigenvalue weighted by Gasteiger charge is 2.48. The molecule has 1 saturated heterocycles. The number of nitrogens with one attached hydrogen (secondary N) is 1. The van der Waals surface area contributed by atoms with E-state index in [0.717, 1.165) is 52.8 Å². The van der Waals surface area contributed by atoms with Gasteiger partial charge in [-0.05, 0) is 96.9 Å². The Hall–Kier alpha value is -3.28. The van der Waals surface area contributed by atoms with E-state index in [0.29, 0.717) is 29.6 Å². The summed E-state index contributed by atoms with van der Waals surface area (Å²) in [5.74, 6) is 4.02. The summed E-state index contributed by atoms with van der Waals surface area (Å²) < 4.78 is 14.0. The summed E-state index contributed by atoms with van der Waals surface area (Å²) in [4.78, 5) is 27.0. The van der Waals surface area contributed by atoms with Gasteiger partial charge in [0.15, 0.2) is 0 Å². The van der Waals surface area contributed by atoms with Gasteiger partial charge in [0.05, 0.1) is 16.6 Å². The lowest BCUT2D eigenvalue weighted by molar-refractivity contribution is 0.0885. The van der Waals surface area contributed by atoms with Crippen LogP contribution in [0.25, 0.3) is 21.9 Å². The van der Waals surface area contributed by atoms with Crippen molar-refractivity contribution in [2.45, 2.75) is 38.5 Å². The molecule has 5 unspecified atom stereocenters. The van der Waals surface area contributed by atoms with Crippen molar-refractivity contribution in [3.8, 4) is 0 Å². The summed E-state index contributed by atoms with van der Waals surface area (Å²) in [6.07, 6.45) is 6.47. The molecule has 2 aromatic carbocycles. The predicted octanol–water partition coefficient (Wildman–Crippen LogP) is 5.71. The lowest BCUT2D eigenvalue weighted by Gasteiger charge is -2.32. The fourth-order valence-corrected chi connectivity index (χ4v) is 7.04. The predicted molar refractivity (Wildman–Crippen MR) is 134 cm³/mol. The van der Waals surface area contributed by atoms with Crippen molar-refractivity contribution in [3.05, 3.63) is 71.4 Å². The zero-order chi connectivity index (χ0) is 23.7. The van der Waals surface area contributed by atoms with Crippen molar-refractivity contribution in [1.29, 1.82) is 0 Å². The van der Waals surface area contributed by atoms with Crippen LogP contribution < -0.4 is 0 Å². The third-order valence-corrected chi connectivity index (χ3v) is 8.81. The number of benzene rings is 2. The van der Waals surface area contributed by atoms with Gasteiger partial charge in [0.1, 0.15) is 11.6 Å². The second kappa shape index (κ2) is 7.87. The van der Waals surface area contributed by atoms with Crippen LogP contribution in [-0.2, 0) is 6.42 Å². The number of carbonyl (C=O) groups is 1. The molecule has 178 valence electrons. The Kier molecular flexibility index (Phi) is 4.73. The Bertz CT molecular complexity index is 1460. The van der Waals surface area contributed by atoms with Gasteiger partial charge in [-0.2, -0.15) is 0 Å². The first-order chi connectivity index (χ1) is 17.0. The molecule has 6 heteroatoms. The van der Waals surface area contributed by atoms with Crippen LogP contribution >= 0.6 is 0 Å². The van der Waals surface area contributed by atoms with Gasteiger partial charge in [0.2, 0.25) is 0 Å². The Morgan fingerprint density at radius 1 is 1.09 bits per heavy atom. The van der Waals surface area contributed by atoms with E-state index in [1.165, 1.54) is 30.9 Å². The second-order valence-electron chi connectivity index (χ2n) is 10.9. The summed E-state index contributed by atoms with van der Waals surface area (Å²) in [5.41, 5.74) is 4.77. The molecular formula is C29H29FN4O. The van der Waals surface area contributed by atoms with Gasteiger partial charge in [-0.15, -0.1) is 0 Å². The number of fused-ring (bicyclic) bond motifs is 4. The SMILES string of the molecule is CC(Cc1nc2cc(C(=O)N3CC3)ccc2[nH]1)C1CC2CC1CC2c1ccnc2ccc(F)cc12. The number of pyridine rings is 1. The zero-order valence-corrected chi connectivity index (χ0v) is 19.9. The molecule has 2 aliphatic carbocycles. The fraction of sp³-hybridized carbons (Fsp3) is 0.414. The molecule has 7 rings (SSSR count). The van der Waals surface area contributed by atoms with Crippen LogP contribution in [-0.4, -0.2) is 38.8 Å². The largest absolute Gasteiger partial charge is 0.342 e. The molecule has 3 aliphatic rings. The maximum Gasteiger partial charge on any atom is 0.254 e. The number of imidazole rings is 1. The number of hydrogen-bond donors (Lipinski definition) is 1. The van der Waals surface area contributed by atoms with Crippen LogP contribution in [0.4, 0.5) is 4.39 Å². The van der Waals surface area contributed by atoms with E-state index in [-0.39, 0.29) is 11.7 Å². The van der Waals surface area contributed by atoms with E-state index < -0.39 is 0 Å². The molecule has 1 amide bonds. The standard InChI is InChI=1S/C29H29FN4O/c1-16(10-28-32-26-4-2-17(14-27(26)33-28)29(35)34-8-9-34)22-12-19-11-18(22)13-23(19)21-6-7-31-25-5-3-20(30)15-24(21)25/h2-7,14-16,18-19,22-23H,8-13H2,1H3,(H,32,33). The van der Waals surface area contributed by atoms with Gasteiger partial charge in [0.25, 0.3) is 5.91 Å². The molecular weight excluding hydrogens is 439 g/mol. The third kappa shape index (κ3) is 3.62. The van der Waals surface area contributed by atoms with Gasteiger partial charge in [-0.25, -0.2) is 9.37 Å². The van der Waals surface area contributed by atoms with Crippen molar-refractivity contribution in [1.82, 2.24) is 19.9 Å². The van der Waals surface area contributed by atoms with Crippen LogP contribution in [0.2, 0.25) is 0 Å². The van der Waals surface area contributed by atoms with Gasteiger partial charge in [0, 0.05) is 36.7 Å². The summed E-state index contributed by atoms with van der Waals surface area (Å²) in [6, 6.07) is 12.9. The smallest absolute Gasteiger partial charge is 0.254 e. The first kappa shape index (κ1) is 21.0. The quantitative estimate of drug-likeness (QED) is 0.382. The van der Waals surface area contributed by atoms with Gasteiger partial charge < -0.3 is 9.88 Å². The number of rotatable bonds is 5. The molecule has 5 atom stereocenters. The van der Waals surface area contributed by atoms with E-state index in [1.54, 1.807) is 12.1 Å². The molecule has 4 aromatic rings. The Balaban J connectivity index is 1.07. The lowest BCUT2D eigenvalue weighted by Crippen LogP contribution is -2.24. The van der Waals surface area contributed by atoms with E-state index in [1.807, 2.05) is 29.3 Å². The molecule has 1 aliphatic heterocycles. The molecule has 1 N–H and O–H groups in total. The second-order valence-corrected chi connectivity index (χ2v) is 10.9. The van der Waals surface area contributed by atoms with Crippen LogP contribution in [0, 0.1) is 29.5 Å². The van der Waals surface area contributed by atoms with E-state index >= 15 is 0 Å². The number of nitrogens with zero attached hydrogens (tertiary/aromatic N) is 3. The summed E-state index contributed by atoms with van der Waals surface area (Å²) in [7, 11) is 0. The highest BCUT2D eigenvalue weighted by Crippen LogP contribution is 2.58. The molecule has 0 radical (unpaired) electrons. The highest BCUT2D eigenvalue weighted by atomic mass is 19.1. The number of hydrogen-bond acceptors (Lipinski definition) is 3. The Morgan fingerprint density at radius 3 is 2.77 bits per heavy atom. The van der Waals surface area contributed by atoms with Crippen LogP contribution in [0.1, 0.15) is 53.8 Å². The zero-order valence-electron chi connectivity index (χ0n) is 19.9. The number of carbonyl (C=O) groups excluding carboxylic acids is 1. The van der Waals surface area contributed by atoms with E-state index in [9.17, 15) is 9.18 Å². The Labute approximate surface area is 203 Å². The molecule has 3 fully saturated rings.